The SMILES string of the molecule is O=Cc1ccnc2nc(-c3ccc(Cl)cc3)[nH]c12. The van der Waals surface area contributed by atoms with Crippen LogP contribution in [0.5, 0.6) is 0 Å². The largest absolute Gasteiger partial charge is 0.336 e. The van der Waals surface area contributed by atoms with Crippen LogP contribution in [0.3, 0.4) is 0 Å². The van der Waals surface area contributed by atoms with Crippen molar-refractivity contribution in [2.24, 2.45) is 0 Å². The number of pyridine rings is 1. The molecule has 3 rings (SSSR count). The van der Waals surface area contributed by atoms with E-state index in [1.54, 1.807) is 24.4 Å². The van der Waals surface area contributed by atoms with Crippen LogP contribution in [-0.2, 0) is 0 Å². The number of aromatic nitrogens is 3. The number of nitrogens with one attached hydrogen (secondary N) is 1. The quantitative estimate of drug-likeness (QED) is 0.718. The van der Waals surface area contributed by atoms with Gasteiger partial charge in [0.15, 0.2) is 11.9 Å². The number of carbonyl (C=O) groups is 1. The monoisotopic (exact) mass is 257 g/mol. The lowest BCUT2D eigenvalue weighted by Crippen LogP contribution is -1.84. The Hall–Kier alpha value is -2.20. The lowest BCUT2D eigenvalue weighted by molar-refractivity contribution is 0.112. The zero-order chi connectivity index (χ0) is 12.5. The number of halogens is 1. The number of carbonyl (C=O) groups excluding carboxylic acids is 1. The minimum atomic E-state index is 0.532. The number of nitrogens with zero attached hydrogens (tertiary/aromatic N) is 2. The van der Waals surface area contributed by atoms with E-state index in [1.165, 1.54) is 0 Å². The van der Waals surface area contributed by atoms with Gasteiger partial charge >= 0.3 is 0 Å². The van der Waals surface area contributed by atoms with E-state index in [1.807, 2.05) is 12.1 Å². The van der Waals surface area contributed by atoms with Crippen molar-refractivity contribution < 1.29 is 4.79 Å². The Morgan fingerprint density at radius 2 is 1.94 bits per heavy atom. The molecule has 2 aromatic heterocycles. The third-order valence-corrected chi connectivity index (χ3v) is 2.92. The molecule has 1 aromatic carbocycles. The zero-order valence-electron chi connectivity index (χ0n) is 9.22. The van der Waals surface area contributed by atoms with E-state index in [9.17, 15) is 4.79 Å². The van der Waals surface area contributed by atoms with Crippen LogP contribution in [0.15, 0.2) is 36.5 Å². The van der Waals surface area contributed by atoms with Crippen molar-refractivity contribution in [2.75, 3.05) is 0 Å². The maximum absolute atomic E-state index is 10.9. The average Bonchev–Trinajstić information content (AvgIpc) is 2.83. The van der Waals surface area contributed by atoms with Crippen LogP contribution >= 0.6 is 11.6 Å². The van der Waals surface area contributed by atoms with Crippen molar-refractivity contribution in [3.63, 3.8) is 0 Å². The molecule has 5 heteroatoms. The molecule has 0 spiro atoms. The molecule has 0 aliphatic carbocycles. The van der Waals surface area contributed by atoms with Crippen molar-refractivity contribution in [3.05, 3.63) is 47.1 Å². The number of aldehydes is 1. The molecular formula is C13H8ClN3O. The number of benzene rings is 1. The summed E-state index contributed by atoms with van der Waals surface area (Å²) in [7, 11) is 0. The first-order chi connectivity index (χ1) is 8.78. The van der Waals surface area contributed by atoms with Crippen molar-refractivity contribution >= 4 is 29.1 Å². The fraction of sp³-hybridized carbons (Fsp3) is 0. The first kappa shape index (κ1) is 10.9. The maximum atomic E-state index is 10.9. The summed E-state index contributed by atoms with van der Waals surface area (Å²) in [6, 6.07) is 8.96. The molecule has 1 N–H and O–H groups in total. The topological polar surface area (TPSA) is 58.6 Å². The average molecular weight is 258 g/mol. The lowest BCUT2D eigenvalue weighted by atomic mass is 10.2. The van der Waals surface area contributed by atoms with Gasteiger partial charge in [0.2, 0.25) is 0 Å². The lowest BCUT2D eigenvalue weighted by Gasteiger charge is -1.95. The second kappa shape index (κ2) is 4.23. The highest BCUT2D eigenvalue weighted by molar-refractivity contribution is 6.30. The second-order valence-electron chi connectivity index (χ2n) is 3.81. The van der Waals surface area contributed by atoms with Gasteiger partial charge in [0.25, 0.3) is 0 Å². The van der Waals surface area contributed by atoms with E-state index < -0.39 is 0 Å². The van der Waals surface area contributed by atoms with Gasteiger partial charge in [-0.05, 0) is 30.3 Å². The van der Waals surface area contributed by atoms with Crippen LogP contribution in [0.4, 0.5) is 0 Å². The molecule has 88 valence electrons. The molecule has 0 aliphatic rings. The highest BCUT2D eigenvalue weighted by atomic mass is 35.5. The Labute approximate surface area is 108 Å². The van der Waals surface area contributed by atoms with Gasteiger partial charge in [-0.1, -0.05) is 11.6 Å². The summed E-state index contributed by atoms with van der Waals surface area (Å²) in [6.45, 7) is 0. The van der Waals surface area contributed by atoms with E-state index in [-0.39, 0.29) is 0 Å². The number of imidazole rings is 1. The maximum Gasteiger partial charge on any atom is 0.178 e. The van der Waals surface area contributed by atoms with Gasteiger partial charge in [-0.3, -0.25) is 4.79 Å². The molecule has 0 saturated heterocycles. The molecule has 0 atom stereocenters. The summed E-state index contributed by atoms with van der Waals surface area (Å²) in [4.78, 5) is 22.5. The van der Waals surface area contributed by atoms with Gasteiger partial charge in [-0.15, -0.1) is 0 Å². The predicted molar refractivity (Wildman–Crippen MR) is 69.7 cm³/mol. The Bertz CT molecular complexity index is 719. The van der Waals surface area contributed by atoms with Gasteiger partial charge in [-0.2, -0.15) is 0 Å². The van der Waals surface area contributed by atoms with E-state index in [2.05, 4.69) is 15.0 Å². The van der Waals surface area contributed by atoms with E-state index in [0.29, 0.717) is 27.6 Å². The molecule has 2 heterocycles. The first-order valence-electron chi connectivity index (χ1n) is 5.34. The molecule has 0 radical (unpaired) electrons. The second-order valence-corrected chi connectivity index (χ2v) is 4.25. The number of fused-ring (bicyclic) bond motifs is 1. The number of H-pyrrole nitrogens is 1. The minimum Gasteiger partial charge on any atom is -0.336 e. The molecule has 0 amide bonds. The van der Waals surface area contributed by atoms with Crippen LogP contribution in [0.2, 0.25) is 5.02 Å². The normalized spacial score (nSPS) is 10.7. The van der Waals surface area contributed by atoms with Crippen molar-refractivity contribution in [1.82, 2.24) is 15.0 Å². The summed E-state index contributed by atoms with van der Waals surface area (Å²) >= 11 is 5.84. The molecule has 0 unspecified atom stereocenters. The molecule has 3 aromatic rings. The number of hydrogen-bond donors (Lipinski definition) is 1. The van der Waals surface area contributed by atoms with Crippen molar-refractivity contribution in [2.45, 2.75) is 0 Å². The standard InChI is InChI=1S/C13H8ClN3O/c14-10-3-1-8(2-4-10)12-16-11-9(7-18)5-6-15-13(11)17-12/h1-7H,(H,15,16,17). The van der Waals surface area contributed by atoms with Crippen LogP contribution in [-0.4, -0.2) is 21.2 Å². The van der Waals surface area contributed by atoms with Crippen molar-refractivity contribution in [3.8, 4) is 11.4 Å². The summed E-state index contributed by atoms with van der Waals surface area (Å²) in [6.07, 6.45) is 2.35. The van der Waals surface area contributed by atoms with Crippen molar-refractivity contribution in [1.29, 1.82) is 0 Å². The first-order valence-corrected chi connectivity index (χ1v) is 5.71. The summed E-state index contributed by atoms with van der Waals surface area (Å²) in [5.74, 6) is 0.670. The van der Waals surface area contributed by atoms with Crippen LogP contribution in [0.1, 0.15) is 10.4 Å². The number of hydrogen-bond acceptors (Lipinski definition) is 3. The fourth-order valence-corrected chi connectivity index (χ4v) is 1.90. The van der Waals surface area contributed by atoms with Crippen LogP contribution in [0, 0.1) is 0 Å². The third kappa shape index (κ3) is 1.76. The summed E-state index contributed by atoms with van der Waals surface area (Å²) < 4.78 is 0. The Kier molecular flexibility index (Phi) is 2.57. The summed E-state index contributed by atoms with van der Waals surface area (Å²) in [5.41, 5.74) is 2.63. The van der Waals surface area contributed by atoms with E-state index >= 15 is 0 Å². The summed E-state index contributed by atoms with van der Waals surface area (Å²) in [5, 5.41) is 0.668. The van der Waals surface area contributed by atoms with Crippen LogP contribution < -0.4 is 0 Å². The Morgan fingerprint density at radius 1 is 1.17 bits per heavy atom. The van der Waals surface area contributed by atoms with Crippen LogP contribution in [0.25, 0.3) is 22.6 Å². The molecule has 0 saturated carbocycles. The number of aromatic amines is 1. The minimum absolute atomic E-state index is 0.532. The van der Waals surface area contributed by atoms with Gasteiger partial charge in [0.05, 0.1) is 5.52 Å². The van der Waals surface area contributed by atoms with Gasteiger partial charge in [-0.25, -0.2) is 9.97 Å². The molecule has 18 heavy (non-hydrogen) atoms. The van der Waals surface area contributed by atoms with Gasteiger partial charge in [0, 0.05) is 22.3 Å². The van der Waals surface area contributed by atoms with Gasteiger partial charge < -0.3 is 4.98 Å². The van der Waals surface area contributed by atoms with E-state index in [0.717, 1.165) is 11.8 Å². The number of rotatable bonds is 2. The van der Waals surface area contributed by atoms with E-state index in [4.69, 9.17) is 11.6 Å². The Balaban J connectivity index is 2.19. The highest BCUT2D eigenvalue weighted by Crippen LogP contribution is 2.22. The molecule has 0 aliphatic heterocycles. The fourth-order valence-electron chi connectivity index (χ4n) is 1.77. The van der Waals surface area contributed by atoms with Gasteiger partial charge in [0.1, 0.15) is 5.82 Å². The highest BCUT2D eigenvalue weighted by Gasteiger charge is 2.09. The predicted octanol–water partition coefficient (Wildman–Crippen LogP) is 3.09. The molecule has 0 fully saturated rings. The molecule has 0 bridgehead atoms. The Morgan fingerprint density at radius 3 is 2.67 bits per heavy atom. The smallest absolute Gasteiger partial charge is 0.178 e. The molecular weight excluding hydrogens is 250 g/mol. The third-order valence-electron chi connectivity index (χ3n) is 2.67. The molecule has 4 nitrogen and oxygen atoms in total. The zero-order valence-corrected chi connectivity index (χ0v) is 9.98.